The van der Waals surface area contributed by atoms with E-state index in [0.29, 0.717) is 6.54 Å². The summed E-state index contributed by atoms with van der Waals surface area (Å²) in [4.78, 5) is 22.7. The summed E-state index contributed by atoms with van der Waals surface area (Å²) in [6, 6.07) is 4.90. The van der Waals surface area contributed by atoms with Gasteiger partial charge in [-0.25, -0.2) is 0 Å². The smallest absolute Gasteiger partial charge is 0.308 e. The van der Waals surface area contributed by atoms with Gasteiger partial charge in [0.05, 0.1) is 6.42 Å². The number of esters is 1. The number of hydrogen-bond acceptors (Lipinski definition) is 3. The molecule has 0 spiro atoms. The first-order valence-corrected chi connectivity index (χ1v) is 5.26. The van der Waals surface area contributed by atoms with E-state index in [1.807, 2.05) is 20.8 Å². The average molecular weight is 223 g/mol. The van der Waals surface area contributed by atoms with Gasteiger partial charge in [0.25, 0.3) is 5.56 Å². The molecule has 0 aliphatic carbocycles. The SMILES string of the molecule is CC(C)(C)OC(=O)CCn1ccccc1=O. The van der Waals surface area contributed by atoms with Crippen molar-refractivity contribution in [2.24, 2.45) is 0 Å². The van der Waals surface area contributed by atoms with Crippen LogP contribution in [0.4, 0.5) is 0 Å². The minimum atomic E-state index is -0.473. The third-order valence-electron chi connectivity index (χ3n) is 1.88. The van der Waals surface area contributed by atoms with Crippen molar-refractivity contribution in [3.05, 3.63) is 34.7 Å². The van der Waals surface area contributed by atoms with E-state index < -0.39 is 5.60 Å². The zero-order valence-corrected chi connectivity index (χ0v) is 9.90. The summed E-state index contributed by atoms with van der Waals surface area (Å²) >= 11 is 0. The molecular weight excluding hydrogens is 206 g/mol. The Bertz CT molecular complexity index is 415. The first kappa shape index (κ1) is 12.5. The fourth-order valence-corrected chi connectivity index (χ4v) is 1.25. The Kier molecular flexibility index (Phi) is 3.88. The van der Waals surface area contributed by atoms with E-state index in [9.17, 15) is 9.59 Å². The van der Waals surface area contributed by atoms with Crippen molar-refractivity contribution in [1.29, 1.82) is 0 Å². The van der Waals surface area contributed by atoms with Crippen molar-refractivity contribution < 1.29 is 9.53 Å². The second-order valence-electron chi connectivity index (χ2n) is 4.57. The molecule has 1 aromatic rings. The quantitative estimate of drug-likeness (QED) is 0.731. The molecule has 88 valence electrons. The maximum absolute atomic E-state index is 11.4. The Morgan fingerprint density at radius 2 is 2.06 bits per heavy atom. The molecule has 0 aliphatic heterocycles. The Morgan fingerprint density at radius 1 is 1.38 bits per heavy atom. The number of nitrogens with zero attached hydrogens (tertiary/aromatic N) is 1. The van der Waals surface area contributed by atoms with E-state index in [-0.39, 0.29) is 17.9 Å². The van der Waals surface area contributed by atoms with Gasteiger partial charge in [-0.15, -0.1) is 0 Å². The van der Waals surface area contributed by atoms with Crippen LogP contribution in [0.1, 0.15) is 27.2 Å². The summed E-state index contributed by atoms with van der Waals surface area (Å²) in [6.45, 7) is 5.81. The molecule has 1 aromatic heterocycles. The predicted molar refractivity (Wildman–Crippen MR) is 61.2 cm³/mol. The topological polar surface area (TPSA) is 48.3 Å². The summed E-state index contributed by atoms with van der Waals surface area (Å²) in [5.74, 6) is -0.289. The lowest BCUT2D eigenvalue weighted by Gasteiger charge is -2.19. The highest BCUT2D eigenvalue weighted by Gasteiger charge is 2.15. The summed E-state index contributed by atoms with van der Waals surface area (Å²) in [6.07, 6.45) is 1.87. The normalized spacial score (nSPS) is 11.2. The maximum atomic E-state index is 11.4. The fourth-order valence-electron chi connectivity index (χ4n) is 1.25. The molecule has 0 bridgehead atoms. The summed E-state index contributed by atoms with van der Waals surface area (Å²) < 4.78 is 6.63. The molecule has 4 nitrogen and oxygen atoms in total. The summed E-state index contributed by atoms with van der Waals surface area (Å²) in [5, 5.41) is 0. The number of aryl methyl sites for hydroxylation is 1. The number of aromatic nitrogens is 1. The number of ether oxygens (including phenoxy) is 1. The number of pyridine rings is 1. The van der Waals surface area contributed by atoms with Crippen LogP contribution in [0, 0.1) is 0 Å². The van der Waals surface area contributed by atoms with Gasteiger partial charge in [0.15, 0.2) is 0 Å². The van der Waals surface area contributed by atoms with Gasteiger partial charge in [-0.2, -0.15) is 0 Å². The first-order chi connectivity index (χ1) is 7.38. The van der Waals surface area contributed by atoms with E-state index in [1.165, 1.54) is 10.6 Å². The van der Waals surface area contributed by atoms with Crippen LogP contribution in [0.5, 0.6) is 0 Å². The van der Waals surface area contributed by atoms with Crippen LogP contribution in [-0.4, -0.2) is 16.1 Å². The second kappa shape index (κ2) is 4.96. The van der Waals surface area contributed by atoms with Gasteiger partial charge >= 0.3 is 5.97 Å². The third kappa shape index (κ3) is 4.29. The summed E-state index contributed by atoms with van der Waals surface area (Å²) in [5.41, 5.74) is -0.579. The number of rotatable bonds is 3. The van der Waals surface area contributed by atoms with E-state index in [1.54, 1.807) is 18.3 Å². The number of carbonyl (C=O) groups excluding carboxylic acids is 1. The van der Waals surface area contributed by atoms with Gasteiger partial charge in [0.2, 0.25) is 0 Å². The first-order valence-electron chi connectivity index (χ1n) is 5.26. The second-order valence-corrected chi connectivity index (χ2v) is 4.57. The molecule has 0 atom stereocenters. The Balaban J connectivity index is 2.50. The minimum Gasteiger partial charge on any atom is -0.460 e. The summed E-state index contributed by atoms with van der Waals surface area (Å²) in [7, 11) is 0. The largest absolute Gasteiger partial charge is 0.460 e. The lowest BCUT2D eigenvalue weighted by Crippen LogP contribution is -2.26. The van der Waals surface area contributed by atoms with Gasteiger partial charge in [0.1, 0.15) is 5.60 Å². The maximum Gasteiger partial charge on any atom is 0.308 e. The van der Waals surface area contributed by atoms with Gasteiger partial charge < -0.3 is 9.30 Å². The molecule has 16 heavy (non-hydrogen) atoms. The standard InChI is InChI=1S/C12H17NO3/c1-12(2,3)16-11(15)7-9-13-8-5-4-6-10(13)14/h4-6,8H,7,9H2,1-3H3. The molecule has 0 saturated carbocycles. The molecular formula is C12H17NO3. The Hall–Kier alpha value is -1.58. The molecule has 0 saturated heterocycles. The van der Waals surface area contributed by atoms with Gasteiger partial charge in [-0.05, 0) is 26.8 Å². The van der Waals surface area contributed by atoms with Crippen molar-refractivity contribution in [1.82, 2.24) is 4.57 Å². The molecule has 0 aromatic carbocycles. The molecule has 0 aliphatic rings. The Morgan fingerprint density at radius 3 is 2.62 bits per heavy atom. The number of hydrogen-bond donors (Lipinski definition) is 0. The van der Waals surface area contributed by atoms with Crippen molar-refractivity contribution in [2.75, 3.05) is 0 Å². The zero-order valence-electron chi connectivity index (χ0n) is 9.90. The zero-order chi connectivity index (χ0) is 12.2. The Labute approximate surface area is 94.9 Å². The minimum absolute atomic E-state index is 0.106. The highest BCUT2D eigenvalue weighted by Crippen LogP contribution is 2.08. The van der Waals surface area contributed by atoms with E-state index in [4.69, 9.17) is 4.74 Å². The van der Waals surface area contributed by atoms with Crippen LogP contribution >= 0.6 is 0 Å². The fraction of sp³-hybridized carbons (Fsp3) is 0.500. The highest BCUT2D eigenvalue weighted by molar-refractivity contribution is 5.69. The van der Waals surface area contributed by atoms with Crippen molar-refractivity contribution in [2.45, 2.75) is 39.3 Å². The molecule has 1 heterocycles. The van der Waals surface area contributed by atoms with E-state index in [2.05, 4.69) is 0 Å². The highest BCUT2D eigenvalue weighted by atomic mass is 16.6. The third-order valence-corrected chi connectivity index (χ3v) is 1.88. The van der Waals surface area contributed by atoms with E-state index >= 15 is 0 Å². The number of carbonyl (C=O) groups is 1. The van der Waals surface area contributed by atoms with Crippen LogP contribution < -0.4 is 5.56 Å². The molecule has 4 heteroatoms. The average Bonchev–Trinajstić information content (AvgIpc) is 2.14. The van der Waals surface area contributed by atoms with Crippen LogP contribution in [0.3, 0.4) is 0 Å². The van der Waals surface area contributed by atoms with Crippen molar-refractivity contribution in [3.8, 4) is 0 Å². The lowest BCUT2D eigenvalue weighted by molar-refractivity contribution is -0.155. The van der Waals surface area contributed by atoms with Gasteiger partial charge in [0, 0.05) is 18.8 Å². The molecule has 1 rings (SSSR count). The monoisotopic (exact) mass is 223 g/mol. The molecule has 0 N–H and O–H groups in total. The van der Waals surface area contributed by atoms with Crippen molar-refractivity contribution >= 4 is 5.97 Å². The molecule has 0 fully saturated rings. The van der Waals surface area contributed by atoms with Crippen molar-refractivity contribution in [3.63, 3.8) is 0 Å². The lowest BCUT2D eigenvalue weighted by atomic mass is 10.2. The predicted octanol–water partition coefficient (Wildman–Crippen LogP) is 1.58. The van der Waals surface area contributed by atoms with Crippen LogP contribution in [0.25, 0.3) is 0 Å². The van der Waals surface area contributed by atoms with Crippen LogP contribution in [0.15, 0.2) is 29.2 Å². The van der Waals surface area contributed by atoms with Gasteiger partial charge in [-0.3, -0.25) is 9.59 Å². The van der Waals surface area contributed by atoms with Crippen LogP contribution in [0.2, 0.25) is 0 Å². The molecule has 0 radical (unpaired) electrons. The van der Waals surface area contributed by atoms with E-state index in [0.717, 1.165) is 0 Å². The molecule has 0 unspecified atom stereocenters. The van der Waals surface area contributed by atoms with Gasteiger partial charge in [-0.1, -0.05) is 6.07 Å². The van der Waals surface area contributed by atoms with Crippen LogP contribution in [-0.2, 0) is 16.1 Å². The molecule has 0 amide bonds.